The first-order chi connectivity index (χ1) is 12.7. The summed E-state index contributed by atoms with van der Waals surface area (Å²) in [6.07, 6.45) is 1.15. The van der Waals surface area contributed by atoms with Crippen LogP contribution in [0.5, 0.6) is 0 Å². The summed E-state index contributed by atoms with van der Waals surface area (Å²) in [6.45, 7) is 6.21. The van der Waals surface area contributed by atoms with Crippen molar-refractivity contribution in [2.45, 2.75) is 44.6 Å². The van der Waals surface area contributed by atoms with Crippen molar-refractivity contribution >= 4 is 33.2 Å². The SMILES string of the molecule is Cc1cc(C)c(NC(=O)[C@@H]2CCCN2S(=O)(=O)c2ccc(Cl)cc2)c(C)c1. The number of carbonyl (C=O) groups excluding carboxylic acids is 1. The molecular weight excluding hydrogens is 384 g/mol. The number of aryl methyl sites for hydroxylation is 3. The molecule has 2 aromatic carbocycles. The molecule has 2 aromatic rings. The number of hydrogen-bond donors (Lipinski definition) is 1. The average molecular weight is 407 g/mol. The van der Waals surface area contributed by atoms with E-state index < -0.39 is 16.1 Å². The molecule has 0 saturated carbocycles. The Labute approximate surface area is 165 Å². The number of carbonyl (C=O) groups is 1. The lowest BCUT2D eigenvalue weighted by Gasteiger charge is -2.24. The van der Waals surface area contributed by atoms with E-state index in [0.717, 1.165) is 22.4 Å². The molecule has 0 radical (unpaired) electrons. The minimum Gasteiger partial charge on any atom is -0.324 e. The molecule has 7 heteroatoms. The maximum absolute atomic E-state index is 13.0. The number of benzene rings is 2. The van der Waals surface area contributed by atoms with Crippen LogP contribution in [0, 0.1) is 20.8 Å². The van der Waals surface area contributed by atoms with Crippen molar-refractivity contribution in [3.63, 3.8) is 0 Å². The Bertz CT molecular complexity index is 948. The van der Waals surface area contributed by atoms with Gasteiger partial charge in [-0.1, -0.05) is 29.3 Å². The van der Waals surface area contributed by atoms with E-state index >= 15 is 0 Å². The number of hydrogen-bond acceptors (Lipinski definition) is 3. The second-order valence-corrected chi connectivity index (χ2v) is 9.32. The number of sulfonamides is 1. The van der Waals surface area contributed by atoms with Crippen LogP contribution < -0.4 is 5.32 Å². The van der Waals surface area contributed by atoms with Gasteiger partial charge in [-0.3, -0.25) is 4.79 Å². The van der Waals surface area contributed by atoms with Crippen molar-refractivity contribution in [3.8, 4) is 0 Å². The topological polar surface area (TPSA) is 66.5 Å². The molecule has 5 nitrogen and oxygen atoms in total. The molecule has 1 aliphatic rings. The van der Waals surface area contributed by atoms with Gasteiger partial charge in [0.15, 0.2) is 0 Å². The standard InChI is InChI=1S/C20H23ClN2O3S/c1-13-11-14(2)19(15(3)12-13)22-20(24)18-5-4-10-23(18)27(25,26)17-8-6-16(21)7-9-17/h6-9,11-12,18H,4-5,10H2,1-3H3,(H,22,24)/t18-/m0/s1. The Morgan fingerprint density at radius 3 is 2.30 bits per heavy atom. The maximum atomic E-state index is 13.0. The first-order valence-electron chi connectivity index (χ1n) is 8.86. The van der Waals surface area contributed by atoms with Gasteiger partial charge < -0.3 is 5.32 Å². The first kappa shape index (κ1) is 19.9. The lowest BCUT2D eigenvalue weighted by molar-refractivity contribution is -0.119. The lowest BCUT2D eigenvalue weighted by Crippen LogP contribution is -2.43. The molecule has 3 rings (SSSR count). The van der Waals surface area contributed by atoms with E-state index in [9.17, 15) is 13.2 Å². The Hall–Kier alpha value is -1.89. The van der Waals surface area contributed by atoms with Gasteiger partial charge in [0, 0.05) is 17.3 Å². The maximum Gasteiger partial charge on any atom is 0.243 e. The zero-order chi connectivity index (χ0) is 19.8. The van der Waals surface area contributed by atoms with Crippen LogP contribution in [0.25, 0.3) is 0 Å². The van der Waals surface area contributed by atoms with Gasteiger partial charge in [-0.2, -0.15) is 4.31 Å². The van der Waals surface area contributed by atoms with Gasteiger partial charge in [0.2, 0.25) is 15.9 Å². The van der Waals surface area contributed by atoms with Gasteiger partial charge in [0.1, 0.15) is 6.04 Å². The summed E-state index contributed by atoms with van der Waals surface area (Å²) in [5.74, 6) is -0.292. The fraction of sp³-hybridized carbons (Fsp3) is 0.350. The monoisotopic (exact) mass is 406 g/mol. The van der Waals surface area contributed by atoms with E-state index in [1.165, 1.54) is 16.4 Å². The Morgan fingerprint density at radius 2 is 1.70 bits per heavy atom. The Kier molecular flexibility index (Phi) is 5.60. The Balaban J connectivity index is 1.86. The largest absolute Gasteiger partial charge is 0.324 e. The summed E-state index contributed by atoms with van der Waals surface area (Å²) < 4.78 is 27.3. The molecule has 1 aliphatic heterocycles. The third kappa shape index (κ3) is 4.03. The van der Waals surface area contributed by atoms with Crippen LogP contribution in [0.15, 0.2) is 41.3 Å². The molecule has 1 atom stereocenters. The van der Waals surface area contributed by atoms with Crippen LogP contribution in [0.3, 0.4) is 0 Å². The number of anilines is 1. The van der Waals surface area contributed by atoms with Gasteiger partial charge in [-0.25, -0.2) is 8.42 Å². The van der Waals surface area contributed by atoms with E-state index in [4.69, 9.17) is 11.6 Å². The van der Waals surface area contributed by atoms with Crippen molar-refractivity contribution in [2.75, 3.05) is 11.9 Å². The molecule has 0 aliphatic carbocycles. The number of halogens is 1. The minimum absolute atomic E-state index is 0.147. The van der Waals surface area contributed by atoms with Crippen LogP contribution in [0.1, 0.15) is 29.5 Å². The molecule has 1 fully saturated rings. The molecular formula is C20H23ClN2O3S. The highest BCUT2D eigenvalue weighted by Crippen LogP contribution is 2.29. The predicted molar refractivity (Wildman–Crippen MR) is 108 cm³/mol. The zero-order valence-electron chi connectivity index (χ0n) is 15.6. The van der Waals surface area contributed by atoms with Crippen molar-refractivity contribution in [2.24, 2.45) is 0 Å². The van der Waals surface area contributed by atoms with E-state index in [-0.39, 0.29) is 10.8 Å². The van der Waals surface area contributed by atoms with Crippen LogP contribution >= 0.6 is 11.6 Å². The third-order valence-corrected chi connectivity index (χ3v) is 7.03. The van der Waals surface area contributed by atoms with Gasteiger partial charge >= 0.3 is 0 Å². The number of nitrogens with zero attached hydrogens (tertiary/aromatic N) is 1. The van der Waals surface area contributed by atoms with Gasteiger partial charge in [0.25, 0.3) is 0 Å². The summed E-state index contributed by atoms with van der Waals surface area (Å²) in [5, 5.41) is 3.41. The van der Waals surface area contributed by atoms with E-state index in [0.29, 0.717) is 24.4 Å². The minimum atomic E-state index is -3.76. The molecule has 1 amide bonds. The molecule has 1 heterocycles. The van der Waals surface area contributed by atoms with Crippen LogP contribution in [-0.2, 0) is 14.8 Å². The van der Waals surface area contributed by atoms with Crippen LogP contribution in [0.4, 0.5) is 5.69 Å². The summed E-state index contributed by atoms with van der Waals surface area (Å²) in [7, 11) is -3.76. The first-order valence-corrected chi connectivity index (χ1v) is 10.7. The molecule has 1 saturated heterocycles. The fourth-order valence-electron chi connectivity index (χ4n) is 3.62. The summed E-state index contributed by atoms with van der Waals surface area (Å²) in [6, 6.07) is 9.31. The van der Waals surface area contributed by atoms with Gasteiger partial charge in [-0.15, -0.1) is 0 Å². The quantitative estimate of drug-likeness (QED) is 0.832. The van der Waals surface area contributed by atoms with Gasteiger partial charge in [0.05, 0.1) is 4.90 Å². The fourth-order valence-corrected chi connectivity index (χ4v) is 5.40. The number of nitrogens with one attached hydrogen (secondary N) is 1. The van der Waals surface area contributed by atoms with Crippen molar-refractivity contribution < 1.29 is 13.2 Å². The normalized spacial score (nSPS) is 17.9. The number of amides is 1. The highest BCUT2D eigenvalue weighted by atomic mass is 35.5. The van der Waals surface area contributed by atoms with Crippen LogP contribution in [-0.4, -0.2) is 31.2 Å². The smallest absolute Gasteiger partial charge is 0.243 e. The molecule has 0 aromatic heterocycles. The highest BCUT2D eigenvalue weighted by Gasteiger charge is 2.39. The van der Waals surface area contributed by atoms with E-state index in [1.807, 2.05) is 32.9 Å². The summed E-state index contributed by atoms with van der Waals surface area (Å²) >= 11 is 5.86. The molecule has 0 unspecified atom stereocenters. The van der Waals surface area contributed by atoms with E-state index in [1.54, 1.807) is 12.1 Å². The molecule has 1 N–H and O–H groups in total. The highest BCUT2D eigenvalue weighted by molar-refractivity contribution is 7.89. The third-order valence-electron chi connectivity index (χ3n) is 4.85. The summed E-state index contributed by atoms with van der Waals surface area (Å²) in [5.41, 5.74) is 3.80. The number of rotatable bonds is 4. The zero-order valence-corrected chi connectivity index (χ0v) is 17.2. The summed E-state index contributed by atoms with van der Waals surface area (Å²) in [4.78, 5) is 13.1. The van der Waals surface area contributed by atoms with Gasteiger partial charge in [-0.05, 0) is 69.0 Å². The molecule has 144 valence electrons. The van der Waals surface area contributed by atoms with Crippen LogP contribution in [0.2, 0.25) is 5.02 Å². The van der Waals surface area contributed by atoms with Crippen molar-refractivity contribution in [1.82, 2.24) is 4.31 Å². The van der Waals surface area contributed by atoms with E-state index in [2.05, 4.69) is 5.32 Å². The molecule has 27 heavy (non-hydrogen) atoms. The Morgan fingerprint density at radius 1 is 1.11 bits per heavy atom. The molecule has 0 spiro atoms. The van der Waals surface area contributed by atoms with Crippen molar-refractivity contribution in [3.05, 3.63) is 58.1 Å². The lowest BCUT2D eigenvalue weighted by atomic mass is 10.0. The van der Waals surface area contributed by atoms with Crippen molar-refractivity contribution in [1.29, 1.82) is 0 Å². The average Bonchev–Trinajstić information content (AvgIpc) is 3.09. The molecule has 0 bridgehead atoms. The second kappa shape index (κ2) is 7.62. The second-order valence-electron chi connectivity index (χ2n) is 6.99. The predicted octanol–water partition coefficient (Wildman–Crippen LogP) is 4.06.